The highest BCUT2D eigenvalue weighted by Gasteiger charge is 2.17. The van der Waals surface area contributed by atoms with Gasteiger partial charge in [0.1, 0.15) is 11.3 Å². The number of phenols is 1. The summed E-state index contributed by atoms with van der Waals surface area (Å²) in [6.07, 6.45) is 7.92. The largest absolute Gasteiger partial charge is 0.508 e. The number of imidazole rings is 1. The summed E-state index contributed by atoms with van der Waals surface area (Å²) in [7, 11) is 0. The molecule has 0 amide bonds. The maximum Gasteiger partial charge on any atom is 0.245 e. The molecule has 1 aromatic carbocycles. The maximum atomic E-state index is 9.38. The molecule has 25 heavy (non-hydrogen) atoms. The van der Waals surface area contributed by atoms with Crippen LogP contribution in [-0.4, -0.2) is 31.6 Å². The summed E-state index contributed by atoms with van der Waals surface area (Å²) in [6, 6.07) is 6.73. The van der Waals surface area contributed by atoms with Gasteiger partial charge in [0, 0.05) is 5.69 Å². The van der Waals surface area contributed by atoms with E-state index in [1.165, 1.54) is 32.1 Å². The summed E-state index contributed by atoms with van der Waals surface area (Å²) < 4.78 is 6.01. The van der Waals surface area contributed by atoms with Gasteiger partial charge in [0.05, 0.1) is 12.9 Å². The Balaban J connectivity index is 1.54. The first-order valence-electron chi connectivity index (χ1n) is 8.68. The first-order chi connectivity index (χ1) is 12.3. The molecule has 4 rings (SSSR count). The van der Waals surface area contributed by atoms with Gasteiger partial charge in [-0.25, -0.2) is 4.98 Å². The summed E-state index contributed by atoms with van der Waals surface area (Å²) in [4.78, 5) is 16.2. The molecule has 130 valence electrons. The van der Waals surface area contributed by atoms with Crippen LogP contribution in [0.3, 0.4) is 0 Å². The molecule has 7 heteroatoms. The molecule has 2 aromatic heterocycles. The fourth-order valence-electron chi connectivity index (χ4n) is 3.19. The SMILES string of the molecule is Oc1ccc(Nc2nc(OCC3CCCCC3)c3[nH]cnc3n2)cc1. The molecule has 0 aliphatic heterocycles. The van der Waals surface area contributed by atoms with Crippen molar-refractivity contribution in [1.82, 2.24) is 19.9 Å². The zero-order chi connectivity index (χ0) is 17.1. The van der Waals surface area contributed by atoms with Gasteiger partial charge in [-0.05, 0) is 43.0 Å². The number of ether oxygens (including phenoxy) is 1. The summed E-state index contributed by atoms with van der Waals surface area (Å²) in [5, 5.41) is 12.5. The molecule has 0 bridgehead atoms. The van der Waals surface area contributed by atoms with Crippen molar-refractivity contribution in [2.24, 2.45) is 5.92 Å². The second kappa shape index (κ2) is 6.96. The molecule has 1 fully saturated rings. The number of aromatic amines is 1. The van der Waals surface area contributed by atoms with E-state index in [9.17, 15) is 5.11 Å². The van der Waals surface area contributed by atoms with E-state index in [0.717, 1.165) is 5.69 Å². The molecule has 0 radical (unpaired) electrons. The van der Waals surface area contributed by atoms with Crippen LogP contribution in [0.25, 0.3) is 11.2 Å². The molecule has 0 unspecified atom stereocenters. The van der Waals surface area contributed by atoms with E-state index >= 15 is 0 Å². The molecular formula is C18H21N5O2. The molecule has 0 atom stereocenters. The Kier molecular flexibility index (Phi) is 4.37. The third-order valence-corrected chi connectivity index (χ3v) is 4.56. The van der Waals surface area contributed by atoms with E-state index in [1.54, 1.807) is 30.6 Å². The number of H-pyrrole nitrogens is 1. The van der Waals surface area contributed by atoms with E-state index in [-0.39, 0.29) is 5.75 Å². The van der Waals surface area contributed by atoms with E-state index in [4.69, 9.17) is 4.74 Å². The van der Waals surface area contributed by atoms with Gasteiger partial charge in [-0.3, -0.25) is 0 Å². The molecule has 7 nitrogen and oxygen atoms in total. The number of benzene rings is 1. The highest BCUT2D eigenvalue weighted by molar-refractivity contribution is 5.77. The number of rotatable bonds is 5. The maximum absolute atomic E-state index is 9.38. The van der Waals surface area contributed by atoms with Crippen LogP contribution in [0, 0.1) is 5.92 Å². The molecule has 1 saturated carbocycles. The normalized spacial score (nSPS) is 15.4. The van der Waals surface area contributed by atoms with Crippen molar-refractivity contribution < 1.29 is 9.84 Å². The number of anilines is 2. The molecule has 0 saturated heterocycles. The number of hydrogen-bond acceptors (Lipinski definition) is 6. The number of phenolic OH excluding ortho intramolecular Hbond substituents is 1. The highest BCUT2D eigenvalue weighted by atomic mass is 16.5. The van der Waals surface area contributed by atoms with Gasteiger partial charge in [-0.2, -0.15) is 9.97 Å². The minimum absolute atomic E-state index is 0.214. The predicted octanol–water partition coefficient (Wildman–Crippen LogP) is 3.76. The third-order valence-electron chi connectivity index (χ3n) is 4.56. The zero-order valence-electron chi connectivity index (χ0n) is 13.9. The Labute approximate surface area is 145 Å². The van der Waals surface area contributed by atoms with Crippen molar-refractivity contribution in [3.8, 4) is 11.6 Å². The van der Waals surface area contributed by atoms with Gasteiger partial charge < -0.3 is 20.1 Å². The smallest absolute Gasteiger partial charge is 0.245 e. The van der Waals surface area contributed by atoms with Gasteiger partial charge in [0.15, 0.2) is 5.65 Å². The second-order valence-corrected chi connectivity index (χ2v) is 6.44. The summed E-state index contributed by atoms with van der Waals surface area (Å²) in [6.45, 7) is 0.670. The Morgan fingerprint density at radius 3 is 2.72 bits per heavy atom. The number of nitrogens with zero attached hydrogens (tertiary/aromatic N) is 3. The minimum atomic E-state index is 0.214. The van der Waals surface area contributed by atoms with Gasteiger partial charge >= 0.3 is 0 Å². The monoisotopic (exact) mass is 339 g/mol. The lowest BCUT2D eigenvalue weighted by molar-refractivity contribution is 0.205. The summed E-state index contributed by atoms with van der Waals surface area (Å²) in [5.41, 5.74) is 2.06. The first kappa shape index (κ1) is 15.7. The molecule has 3 N–H and O–H groups in total. The van der Waals surface area contributed by atoms with E-state index in [2.05, 4.69) is 25.3 Å². The van der Waals surface area contributed by atoms with Crippen LogP contribution in [-0.2, 0) is 0 Å². The van der Waals surface area contributed by atoms with Gasteiger partial charge in [-0.1, -0.05) is 19.3 Å². The lowest BCUT2D eigenvalue weighted by Gasteiger charge is -2.21. The van der Waals surface area contributed by atoms with Crippen LogP contribution in [0.5, 0.6) is 11.6 Å². The van der Waals surface area contributed by atoms with E-state index < -0.39 is 0 Å². The Hall–Kier alpha value is -2.83. The molecule has 0 spiro atoms. The third kappa shape index (κ3) is 3.65. The quantitative estimate of drug-likeness (QED) is 0.613. The van der Waals surface area contributed by atoms with Crippen LogP contribution >= 0.6 is 0 Å². The Bertz CT molecular complexity index is 840. The molecule has 1 aliphatic rings. The summed E-state index contributed by atoms with van der Waals surface area (Å²) >= 11 is 0. The molecule has 3 aromatic rings. The topological polar surface area (TPSA) is 95.9 Å². The fraction of sp³-hybridized carbons (Fsp3) is 0.389. The molecule has 1 aliphatic carbocycles. The standard InChI is InChI=1S/C18H21N5O2/c24-14-8-6-13(7-9-14)21-18-22-16-15(19-11-20-16)17(23-18)25-10-12-4-2-1-3-5-12/h6-9,11-12,24H,1-5,10H2,(H2,19,20,21,22,23). The van der Waals surface area contributed by atoms with Gasteiger partial charge in [0.25, 0.3) is 0 Å². The molecular weight excluding hydrogens is 318 g/mol. The molecule has 2 heterocycles. The van der Waals surface area contributed by atoms with Crippen molar-refractivity contribution >= 4 is 22.8 Å². The summed E-state index contributed by atoms with van der Waals surface area (Å²) in [5.74, 6) is 1.75. The van der Waals surface area contributed by atoms with E-state index in [0.29, 0.717) is 35.5 Å². The predicted molar refractivity (Wildman–Crippen MR) is 95.1 cm³/mol. The average Bonchev–Trinajstić information content (AvgIpc) is 3.11. The Morgan fingerprint density at radius 2 is 1.92 bits per heavy atom. The van der Waals surface area contributed by atoms with Crippen LogP contribution in [0.1, 0.15) is 32.1 Å². The van der Waals surface area contributed by atoms with Gasteiger partial charge in [0.2, 0.25) is 11.8 Å². The minimum Gasteiger partial charge on any atom is -0.508 e. The van der Waals surface area contributed by atoms with Crippen molar-refractivity contribution in [3.05, 3.63) is 30.6 Å². The van der Waals surface area contributed by atoms with Crippen LogP contribution in [0.2, 0.25) is 0 Å². The van der Waals surface area contributed by atoms with Crippen molar-refractivity contribution in [3.63, 3.8) is 0 Å². The van der Waals surface area contributed by atoms with Crippen molar-refractivity contribution in [2.75, 3.05) is 11.9 Å². The number of aromatic nitrogens is 4. The lowest BCUT2D eigenvalue weighted by Crippen LogP contribution is -2.16. The number of nitrogens with one attached hydrogen (secondary N) is 2. The average molecular weight is 339 g/mol. The number of fused-ring (bicyclic) bond motifs is 1. The zero-order valence-corrected chi connectivity index (χ0v) is 13.9. The highest BCUT2D eigenvalue weighted by Crippen LogP contribution is 2.27. The van der Waals surface area contributed by atoms with Crippen molar-refractivity contribution in [2.45, 2.75) is 32.1 Å². The van der Waals surface area contributed by atoms with Crippen LogP contribution in [0.4, 0.5) is 11.6 Å². The van der Waals surface area contributed by atoms with E-state index in [1.807, 2.05) is 0 Å². The fourth-order valence-corrected chi connectivity index (χ4v) is 3.19. The lowest BCUT2D eigenvalue weighted by atomic mass is 9.90. The second-order valence-electron chi connectivity index (χ2n) is 6.44. The number of hydrogen-bond donors (Lipinski definition) is 3. The van der Waals surface area contributed by atoms with Gasteiger partial charge in [-0.15, -0.1) is 0 Å². The number of aromatic hydroxyl groups is 1. The van der Waals surface area contributed by atoms with Crippen LogP contribution < -0.4 is 10.1 Å². The van der Waals surface area contributed by atoms with Crippen molar-refractivity contribution in [1.29, 1.82) is 0 Å². The van der Waals surface area contributed by atoms with Crippen LogP contribution in [0.15, 0.2) is 30.6 Å². The Morgan fingerprint density at radius 1 is 1.12 bits per heavy atom. The first-order valence-corrected chi connectivity index (χ1v) is 8.68.